The zero-order chi connectivity index (χ0) is 32.3. The van der Waals surface area contributed by atoms with E-state index in [1.165, 1.54) is 0 Å². The quantitative estimate of drug-likeness (QED) is 0.341. The molecule has 0 aromatic rings. The van der Waals surface area contributed by atoms with Crippen LogP contribution in [0, 0.1) is 23.2 Å². The normalized spacial score (nSPS) is 31.5. The Labute approximate surface area is 262 Å². The van der Waals surface area contributed by atoms with Crippen LogP contribution in [0.2, 0.25) is 0 Å². The van der Waals surface area contributed by atoms with Crippen molar-refractivity contribution in [3.05, 3.63) is 0 Å². The molecule has 0 unspecified atom stereocenters. The molecule has 0 bridgehead atoms. The summed E-state index contributed by atoms with van der Waals surface area (Å²) in [5.74, 6) is -2.83. The van der Waals surface area contributed by atoms with Crippen molar-refractivity contribution in [1.82, 2.24) is 15.1 Å². The summed E-state index contributed by atoms with van der Waals surface area (Å²) in [5.41, 5.74) is -0.241. The second-order valence-corrected chi connectivity index (χ2v) is 14.4. The lowest BCUT2D eigenvalue weighted by Crippen LogP contribution is -2.66. The van der Waals surface area contributed by atoms with E-state index in [0.29, 0.717) is 26.2 Å². The van der Waals surface area contributed by atoms with Crippen molar-refractivity contribution >= 4 is 17.8 Å². The second-order valence-electron chi connectivity index (χ2n) is 14.4. The van der Waals surface area contributed by atoms with Crippen LogP contribution >= 0.6 is 0 Å². The van der Waals surface area contributed by atoms with Crippen LogP contribution in [0.25, 0.3) is 0 Å². The van der Waals surface area contributed by atoms with Crippen molar-refractivity contribution < 1.29 is 38.1 Å². The van der Waals surface area contributed by atoms with E-state index in [9.17, 15) is 19.6 Å². The van der Waals surface area contributed by atoms with Crippen molar-refractivity contribution in [1.29, 1.82) is 5.26 Å². The van der Waals surface area contributed by atoms with E-state index in [0.717, 1.165) is 25.7 Å². The summed E-state index contributed by atoms with van der Waals surface area (Å²) >= 11 is 0. The first-order valence-electron chi connectivity index (χ1n) is 16.2. The van der Waals surface area contributed by atoms with Gasteiger partial charge in [-0.25, -0.2) is 0 Å². The first-order chi connectivity index (χ1) is 20.6. The zero-order valence-corrected chi connectivity index (χ0v) is 27.6. The van der Waals surface area contributed by atoms with Crippen LogP contribution in [-0.4, -0.2) is 108 Å². The Balaban J connectivity index is 1.43. The Bertz CT molecular complexity index is 1080. The fraction of sp³-hybridized carbons (Fsp3) is 0.875. The first-order valence-corrected chi connectivity index (χ1v) is 16.2. The summed E-state index contributed by atoms with van der Waals surface area (Å²) in [4.78, 5) is 42.3. The van der Waals surface area contributed by atoms with Gasteiger partial charge in [-0.2, -0.15) is 5.26 Å². The standard InChI is InChI=1S/C32H52N4O8/c1-21(2)15-26(38)41-24-19-40-32(29(43-30(5,6)44-32)28(24)42-27(39)16-22(3)4)20-35-13-10-31(7,11-14-35)34-18-25(37)36-12-8-9-23(36)17-33/h21-24,28-29,34H,8-16,18-20H2,1-7H3/t23-,24+,28+,29-,32-/m0/s1. The molecule has 0 radical (unpaired) electrons. The van der Waals surface area contributed by atoms with E-state index in [2.05, 4.69) is 23.2 Å². The van der Waals surface area contributed by atoms with E-state index in [-0.39, 0.29) is 67.3 Å². The predicted octanol–water partition coefficient (Wildman–Crippen LogP) is 2.74. The topological polar surface area (TPSA) is 140 Å². The Kier molecular flexibility index (Phi) is 11.0. The predicted molar refractivity (Wildman–Crippen MR) is 160 cm³/mol. The van der Waals surface area contributed by atoms with E-state index in [1.54, 1.807) is 18.7 Å². The van der Waals surface area contributed by atoms with E-state index in [4.69, 9.17) is 23.7 Å². The molecule has 0 saturated carbocycles. The van der Waals surface area contributed by atoms with E-state index in [1.807, 2.05) is 27.7 Å². The summed E-state index contributed by atoms with van der Waals surface area (Å²) in [6, 6.07) is 1.91. The average Bonchev–Trinajstić information content (AvgIpc) is 3.51. The largest absolute Gasteiger partial charge is 0.456 e. The lowest BCUT2D eigenvalue weighted by Gasteiger charge is -2.47. The second kappa shape index (κ2) is 14.0. The number of hydrogen-bond donors (Lipinski definition) is 1. The van der Waals surface area contributed by atoms with Gasteiger partial charge in [0, 0.05) is 38.0 Å². The van der Waals surface area contributed by atoms with Crippen molar-refractivity contribution in [3.8, 4) is 6.07 Å². The molecule has 44 heavy (non-hydrogen) atoms. The SMILES string of the molecule is CC(C)CC(=O)O[C@@H]1[C@H](OC(=O)CC(C)C)CO[C@@]2(CN3CCC(C)(NCC(=O)N4CCC[C@H]4C#N)CC3)OC(C)(C)O[C@@H]12. The lowest BCUT2D eigenvalue weighted by atomic mass is 9.88. The number of carbonyl (C=O) groups excluding carboxylic acids is 3. The van der Waals surface area contributed by atoms with Gasteiger partial charge in [-0.15, -0.1) is 0 Å². The number of esters is 2. The molecule has 248 valence electrons. The highest BCUT2D eigenvalue weighted by atomic mass is 16.9. The lowest BCUT2D eigenvalue weighted by molar-refractivity contribution is -0.301. The molecule has 4 fully saturated rings. The summed E-state index contributed by atoms with van der Waals surface area (Å²) < 4.78 is 31.0. The number of nitriles is 1. The smallest absolute Gasteiger partial charge is 0.306 e. The van der Waals surface area contributed by atoms with E-state index >= 15 is 0 Å². The van der Waals surface area contributed by atoms with Crippen molar-refractivity contribution in [2.75, 3.05) is 39.3 Å². The van der Waals surface area contributed by atoms with Crippen LogP contribution in [0.1, 0.15) is 87.0 Å². The van der Waals surface area contributed by atoms with Gasteiger partial charge in [-0.05, 0) is 58.3 Å². The maximum absolute atomic E-state index is 12.9. The molecule has 1 amide bonds. The zero-order valence-electron chi connectivity index (χ0n) is 27.6. The van der Waals surface area contributed by atoms with Gasteiger partial charge in [0.2, 0.25) is 11.7 Å². The van der Waals surface area contributed by atoms with Gasteiger partial charge < -0.3 is 33.9 Å². The summed E-state index contributed by atoms with van der Waals surface area (Å²) in [7, 11) is 0. The van der Waals surface area contributed by atoms with Gasteiger partial charge in [0.15, 0.2) is 24.1 Å². The molecule has 0 aromatic heterocycles. The fourth-order valence-corrected chi connectivity index (χ4v) is 6.61. The number of ether oxygens (including phenoxy) is 5. The van der Waals surface area contributed by atoms with Crippen molar-refractivity contribution in [2.24, 2.45) is 11.8 Å². The molecule has 12 heteroatoms. The highest BCUT2D eigenvalue weighted by Gasteiger charge is 2.64. The van der Waals surface area contributed by atoms with Crippen LogP contribution in [-0.2, 0) is 38.1 Å². The third kappa shape index (κ3) is 8.49. The number of nitrogens with one attached hydrogen (secondary N) is 1. The van der Waals surface area contributed by atoms with Crippen LogP contribution in [0.15, 0.2) is 0 Å². The van der Waals surface area contributed by atoms with Crippen LogP contribution in [0.4, 0.5) is 0 Å². The number of amides is 1. The number of likely N-dealkylation sites (tertiary alicyclic amines) is 2. The minimum atomic E-state index is -1.23. The summed E-state index contributed by atoms with van der Waals surface area (Å²) in [6.45, 7) is 16.1. The molecule has 4 rings (SSSR count). The molecule has 0 aliphatic carbocycles. The molecule has 4 aliphatic rings. The molecule has 1 N–H and O–H groups in total. The molecule has 12 nitrogen and oxygen atoms in total. The third-order valence-corrected chi connectivity index (χ3v) is 8.91. The minimum absolute atomic E-state index is 0.00874. The van der Waals surface area contributed by atoms with Gasteiger partial charge in [0.25, 0.3) is 0 Å². The van der Waals surface area contributed by atoms with Crippen molar-refractivity contribution in [2.45, 2.75) is 128 Å². The Morgan fingerprint density at radius 3 is 2.25 bits per heavy atom. The maximum Gasteiger partial charge on any atom is 0.306 e. The number of carbonyl (C=O) groups is 3. The fourth-order valence-electron chi connectivity index (χ4n) is 6.61. The molecular formula is C32H52N4O8. The minimum Gasteiger partial charge on any atom is -0.456 e. The highest BCUT2D eigenvalue weighted by Crippen LogP contribution is 2.45. The maximum atomic E-state index is 12.9. The van der Waals surface area contributed by atoms with E-state index < -0.39 is 29.9 Å². The van der Waals surface area contributed by atoms with Gasteiger partial charge in [-0.1, -0.05) is 27.7 Å². The molecular weight excluding hydrogens is 568 g/mol. The summed E-state index contributed by atoms with van der Waals surface area (Å²) in [6.07, 6.45) is 1.12. The number of hydrogen-bond acceptors (Lipinski definition) is 11. The molecule has 4 saturated heterocycles. The Morgan fingerprint density at radius 2 is 1.64 bits per heavy atom. The van der Waals surface area contributed by atoms with Gasteiger partial charge in [-0.3, -0.25) is 19.3 Å². The monoisotopic (exact) mass is 620 g/mol. The number of piperidine rings is 1. The first kappa shape index (κ1) is 34.6. The van der Waals surface area contributed by atoms with Crippen LogP contribution in [0.3, 0.4) is 0 Å². The van der Waals surface area contributed by atoms with Gasteiger partial charge in [0.1, 0.15) is 6.04 Å². The summed E-state index contributed by atoms with van der Waals surface area (Å²) in [5, 5.41) is 12.8. The Morgan fingerprint density at radius 1 is 1.00 bits per heavy atom. The molecule has 4 aliphatic heterocycles. The van der Waals surface area contributed by atoms with Crippen LogP contribution in [0.5, 0.6) is 0 Å². The molecule has 0 aromatic carbocycles. The highest BCUT2D eigenvalue weighted by molar-refractivity contribution is 5.79. The third-order valence-electron chi connectivity index (χ3n) is 8.91. The molecule has 0 spiro atoms. The van der Waals surface area contributed by atoms with Crippen LogP contribution < -0.4 is 5.32 Å². The number of fused-ring (bicyclic) bond motifs is 1. The number of rotatable bonds is 11. The van der Waals surface area contributed by atoms with Gasteiger partial charge in [0.05, 0.1) is 25.8 Å². The molecule has 5 atom stereocenters. The number of nitrogens with zero attached hydrogens (tertiary/aromatic N) is 3. The van der Waals surface area contributed by atoms with Gasteiger partial charge >= 0.3 is 11.9 Å². The molecule has 4 heterocycles. The average molecular weight is 621 g/mol. The van der Waals surface area contributed by atoms with Crippen molar-refractivity contribution in [3.63, 3.8) is 0 Å². The Hall–Kier alpha value is -2.30.